The van der Waals surface area contributed by atoms with Crippen molar-refractivity contribution in [1.82, 2.24) is 19.5 Å². The molecular weight excluding hydrogens is 290 g/mol. The zero-order valence-electron chi connectivity index (χ0n) is 12.3. The zero-order valence-corrected chi connectivity index (χ0v) is 12.3. The molecule has 2 heterocycles. The molecule has 2 aromatic rings. The first kappa shape index (κ1) is 16.1. The van der Waals surface area contributed by atoms with Crippen molar-refractivity contribution in [2.75, 3.05) is 12.3 Å². The lowest BCUT2D eigenvalue weighted by Gasteiger charge is -2.37. The first-order valence-electron chi connectivity index (χ1n) is 6.59. The lowest BCUT2D eigenvalue weighted by molar-refractivity contribution is -0.104. The number of aliphatic hydroxyl groups is 3. The Balaban J connectivity index is 2.70. The number of imidazole rings is 1. The van der Waals surface area contributed by atoms with Crippen molar-refractivity contribution in [1.29, 1.82) is 0 Å². The molecule has 0 spiro atoms. The molecule has 0 saturated carbocycles. The number of anilines is 1. The van der Waals surface area contributed by atoms with E-state index in [-0.39, 0.29) is 17.1 Å². The van der Waals surface area contributed by atoms with Crippen LogP contribution in [-0.2, 0) is 0 Å². The highest BCUT2D eigenvalue weighted by atomic mass is 16.4. The second-order valence-electron chi connectivity index (χ2n) is 5.45. The van der Waals surface area contributed by atoms with Crippen molar-refractivity contribution in [3.05, 3.63) is 28.8 Å². The average molecular weight is 309 g/mol. The van der Waals surface area contributed by atoms with Crippen molar-refractivity contribution in [2.45, 2.75) is 31.6 Å². The zero-order chi connectivity index (χ0) is 16.7. The van der Waals surface area contributed by atoms with Crippen molar-refractivity contribution in [3.8, 4) is 0 Å². The fourth-order valence-electron chi connectivity index (χ4n) is 2.52. The smallest absolute Gasteiger partial charge is 0.280 e. The van der Waals surface area contributed by atoms with E-state index in [1.807, 2.05) is 0 Å². The molecule has 0 amide bonds. The lowest BCUT2D eigenvalue weighted by Crippen LogP contribution is -2.49. The summed E-state index contributed by atoms with van der Waals surface area (Å²) in [7, 11) is 0. The van der Waals surface area contributed by atoms with Crippen LogP contribution in [0.4, 0.5) is 5.95 Å². The van der Waals surface area contributed by atoms with E-state index in [0.29, 0.717) is 5.57 Å². The van der Waals surface area contributed by atoms with E-state index in [9.17, 15) is 15.0 Å². The Morgan fingerprint density at radius 1 is 1.64 bits per heavy atom. The number of fused-ring (bicyclic) bond motifs is 1. The lowest BCUT2D eigenvalue weighted by atomic mass is 9.86. The molecule has 0 aliphatic carbocycles. The van der Waals surface area contributed by atoms with Gasteiger partial charge in [0.05, 0.1) is 19.0 Å². The highest BCUT2D eigenvalue weighted by Gasteiger charge is 2.41. The molecule has 0 aliphatic rings. The molecule has 0 fully saturated rings. The minimum absolute atomic E-state index is 0.0507. The molecule has 6 N–H and O–H groups in total. The largest absolute Gasteiger partial charge is 0.394 e. The maximum absolute atomic E-state index is 11.8. The monoisotopic (exact) mass is 309 g/mol. The number of H-pyrrole nitrogens is 1. The second-order valence-corrected chi connectivity index (χ2v) is 5.45. The highest BCUT2D eigenvalue weighted by Crippen LogP contribution is 2.33. The van der Waals surface area contributed by atoms with Gasteiger partial charge in [-0.15, -0.1) is 0 Å². The predicted octanol–water partition coefficient (Wildman–Crippen LogP) is -1.08. The number of hydrogen-bond acceptors (Lipinski definition) is 7. The molecule has 3 atom stereocenters. The maximum Gasteiger partial charge on any atom is 0.280 e. The molecule has 0 bridgehead atoms. The average Bonchev–Trinajstić information content (AvgIpc) is 2.81. The van der Waals surface area contributed by atoms with Gasteiger partial charge in [0.15, 0.2) is 11.2 Å². The molecule has 22 heavy (non-hydrogen) atoms. The van der Waals surface area contributed by atoms with Crippen LogP contribution < -0.4 is 11.3 Å². The topological polar surface area (TPSA) is 150 Å². The fourth-order valence-corrected chi connectivity index (χ4v) is 2.52. The molecule has 9 nitrogen and oxygen atoms in total. The third kappa shape index (κ3) is 2.49. The van der Waals surface area contributed by atoms with Gasteiger partial charge in [-0.2, -0.15) is 4.98 Å². The van der Waals surface area contributed by atoms with Gasteiger partial charge in [-0.05, 0) is 13.8 Å². The van der Waals surface area contributed by atoms with Crippen LogP contribution in [0.25, 0.3) is 11.2 Å². The van der Waals surface area contributed by atoms with Crippen LogP contribution in [0.5, 0.6) is 0 Å². The first-order valence-corrected chi connectivity index (χ1v) is 6.59. The van der Waals surface area contributed by atoms with Gasteiger partial charge in [-0.25, -0.2) is 4.98 Å². The summed E-state index contributed by atoms with van der Waals surface area (Å²) in [6.45, 7) is 6.16. The van der Waals surface area contributed by atoms with E-state index in [2.05, 4.69) is 21.5 Å². The van der Waals surface area contributed by atoms with Crippen molar-refractivity contribution < 1.29 is 15.3 Å². The maximum atomic E-state index is 11.8. The Bertz CT molecular complexity index is 763. The molecule has 2 rings (SSSR count). The Hall–Kier alpha value is -2.23. The molecule has 0 aromatic carbocycles. The minimum Gasteiger partial charge on any atom is -0.394 e. The van der Waals surface area contributed by atoms with Crippen LogP contribution in [-0.4, -0.2) is 53.2 Å². The summed E-state index contributed by atoms with van der Waals surface area (Å²) in [6, 6.07) is -0.867. The number of aromatic amines is 1. The quantitative estimate of drug-likeness (QED) is 0.441. The van der Waals surface area contributed by atoms with Crippen molar-refractivity contribution >= 4 is 17.1 Å². The summed E-state index contributed by atoms with van der Waals surface area (Å²) < 4.78 is 1.40. The number of rotatable bonds is 5. The van der Waals surface area contributed by atoms with Gasteiger partial charge < -0.3 is 25.6 Å². The Labute approximate surface area is 125 Å². The van der Waals surface area contributed by atoms with E-state index in [1.54, 1.807) is 6.92 Å². The van der Waals surface area contributed by atoms with Crippen LogP contribution in [0.15, 0.2) is 23.3 Å². The number of aliphatic hydroxyl groups excluding tert-OH is 2. The second kappa shape index (κ2) is 5.52. The number of nitrogens with two attached hydrogens (primary N) is 1. The van der Waals surface area contributed by atoms with Gasteiger partial charge in [0, 0.05) is 0 Å². The van der Waals surface area contributed by atoms with E-state index < -0.39 is 29.9 Å². The first-order chi connectivity index (χ1) is 10.2. The number of nitrogen functional groups attached to an aromatic ring is 1. The number of aromatic nitrogens is 4. The van der Waals surface area contributed by atoms with Crippen LogP contribution >= 0.6 is 0 Å². The van der Waals surface area contributed by atoms with Crippen LogP contribution in [0.1, 0.15) is 19.9 Å². The summed E-state index contributed by atoms with van der Waals surface area (Å²) in [4.78, 5) is 22.1. The number of nitrogens with one attached hydrogen (secondary N) is 1. The van der Waals surface area contributed by atoms with Gasteiger partial charge in [-0.1, -0.05) is 12.2 Å². The van der Waals surface area contributed by atoms with Crippen molar-refractivity contribution in [2.24, 2.45) is 0 Å². The molecule has 9 heteroatoms. The van der Waals surface area contributed by atoms with E-state index >= 15 is 0 Å². The molecule has 0 radical (unpaired) electrons. The van der Waals surface area contributed by atoms with Crippen molar-refractivity contribution in [3.63, 3.8) is 0 Å². The number of hydrogen-bond donors (Lipinski definition) is 5. The summed E-state index contributed by atoms with van der Waals surface area (Å²) in [5, 5.41) is 29.7. The Morgan fingerprint density at radius 2 is 2.27 bits per heavy atom. The third-order valence-corrected chi connectivity index (χ3v) is 3.60. The standard InChI is InChI=1S/C13H19N5O4/c1-6(2)9(13(3,22)7(20)4-19)18-5-15-8-10(18)16-12(14)17-11(8)21/h5,7,9,19-20,22H,1,4H2,2-3H3,(H3,14,16,17,21). The molecule has 120 valence electrons. The summed E-state index contributed by atoms with van der Waals surface area (Å²) in [5.41, 5.74) is 3.96. The van der Waals surface area contributed by atoms with Gasteiger partial charge >= 0.3 is 0 Å². The summed E-state index contributed by atoms with van der Waals surface area (Å²) >= 11 is 0. The predicted molar refractivity (Wildman–Crippen MR) is 80.1 cm³/mol. The normalized spacial score (nSPS) is 17.1. The van der Waals surface area contributed by atoms with Gasteiger partial charge in [0.1, 0.15) is 11.7 Å². The van der Waals surface area contributed by atoms with E-state index in [0.717, 1.165) is 0 Å². The molecular formula is C13H19N5O4. The Morgan fingerprint density at radius 3 is 2.82 bits per heavy atom. The molecule has 2 aromatic heterocycles. The minimum atomic E-state index is -1.76. The van der Waals surface area contributed by atoms with Gasteiger partial charge in [0.25, 0.3) is 5.56 Å². The fraction of sp³-hybridized carbons (Fsp3) is 0.462. The summed E-state index contributed by atoms with van der Waals surface area (Å²) in [6.07, 6.45) is -0.115. The summed E-state index contributed by atoms with van der Waals surface area (Å²) in [5.74, 6) is -0.0953. The number of nitrogens with zero attached hydrogens (tertiary/aromatic N) is 3. The van der Waals surface area contributed by atoms with E-state index in [1.165, 1.54) is 17.8 Å². The van der Waals surface area contributed by atoms with Gasteiger partial charge in [-0.3, -0.25) is 9.78 Å². The van der Waals surface area contributed by atoms with Gasteiger partial charge in [0.2, 0.25) is 5.95 Å². The highest BCUT2D eigenvalue weighted by molar-refractivity contribution is 5.71. The molecule has 0 aliphatic heterocycles. The van der Waals surface area contributed by atoms with E-state index in [4.69, 9.17) is 10.8 Å². The third-order valence-electron chi connectivity index (χ3n) is 3.60. The molecule has 3 unspecified atom stereocenters. The van der Waals surface area contributed by atoms with Crippen LogP contribution in [0.2, 0.25) is 0 Å². The molecule has 0 saturated heterocycles. The SMILES string of the molecule is C=C(C)C(n1cnc2c(=O)[nH]c(N)nc21)C(C)(O)C(O)CO. The Kier molecular flexibility index (Phi) is 4.05. The van der Waals surface area contributed by atoms with Crippen LogP contribution in [0, 0.1) is 0 Å². The van der Waals surface area contributed by atoms with Crippen LogP contribution in [0.3, 0.4) is 0 Å².